The van der Waals surface area contributed by atoms with Crippen LogP contribution in [0.1, 0.15) is 48.0 Å². The SMILES string of the molecule is O=C(c1ccccc1)N1CCC2(CCCCc3ccccc3OCCOC2=O)CC1. The number of carbonyl (C=O) groups is 2. The summed E-state index contributed by atoms with van der Waals surface area (Å²) in [7, 11) is 0. The second-order valence-electron chi connectivity index (χ2n) is 8.24. The molecule has 158 valence electrons. The third-order valence-corrected chi connectivity index (χ3v) is 6.36. The van der Waals surface area contributed by atoms with Crippen LogP contribution in [0, 0.1) is 5.41 Å². The van der Waals surface area contributed by atoms with Gasteiger partial charge in [-0.25, -0.2) is 0 Å². The second-order valence-corrected chi connectivity index (χ2v) is 8.24. The molecule has 0 atom stereocenters. The number of nitrogens with zero attached hydrogens (tertiary/aromatic N) is 1. The molecule has 4 rings (SSSR count). The van der Waals surface area contributed by atoms with Crippen molar-refractivity contribution in [1.29, 1.82) is 0 Å². The fourth-order valence-corrected chi connectivity index (χ4v) is 4.53. The molecule has 0 aromatic heterocycles. The number of rotatable bonds is 1. The van der Waals surface area contributed by atoms with Crippen molar-refractivity contribution in [2.45, 2.75) is 38.5 Å². The number of likely N-dealkylation sites (tertiary alicyclic amines) is 1. The Labute approximate surface area is 178 Å². The predicted molar refractivity (Wildman–Crippen MR) is 114 cm³/mol. The maximum absolute atomic E-state index is 13.0. The molecule has 5 heteroatoms. The van der Waals surface area contributed by atoms with Crippen molar-refractivity contribution in [1.82, 2.24) is 4.90 Å². The summed E-state index contributed by atoms with van der Waals surface area (Å²) < 4.78 is 11.5. The minimum Gasteiger partial charge on any atom is -0.490 e. The van der Waals surface area contributed by atoms with Crippen molar-refractivity contribution < 1.29 is 19.1 Å². The first-order valence-electron chi connectivity index (χ1n) is 10.9. The number of piperidine rings is 1. The molecule has 2 heterocycles. The summed E-state index contributed by atoms with van der Waals surface area (Å²) >= 11 is 0. The zero-order chi connectivity index (χ0) is 20.8. The van der Waals surface area contributed by atoms with E-state index >= 15 is 0 Å². The van der Waals surface area contributed by atoms with Gasteiger partial charge in [0.05, 0.1) is 5.41 Å². The van der Waals surface area contributed by atoms with Gasteiger partial charge in [0.2, 0.25) is 0 Å². The van der Waals surface area contributed by atoms with Crippen LogP contribution in [0.25, 0.3) is 0 Å². The van der Waals surface area contributed by atoms with Crippen molar-refractivity contribution in [3.05, 3.63) is 65.7 Å². The summed E-state index contributed by atoms with van der Waals surface area (Å²) in [5, 5.41) is 0. The molecular weight excluding hydrogens is 378 g/mol. The van der Waals surface area contributed by atoms with E-state index in [1.807, 2.05) is 53.4 Å². The minimum atomic E-state index is -0.494. The second kappa shape index (κ2) is 9.33. The van der Waals surface area contributed by atoms with Crippen LogP contribution in [0.15, 0.2) is 54.6 Å². The third-order valence-electron chi connectivity index (χ3n) is 6.36. The van der Waals surface area contributed by atoms with Crippen LogP contribution in [0.5, 0.6) is 5.75 Å². The average molecular weight is 408 g/mol. The molecule has 0 unspecified atom stereocenters. The summed E-state index contributed by atoms with van der Waals surface area (Å²) in [6.07, 6.45) is 5.02. The molecule has 0 aliphatic carbocycles. The fraction of sp³-hybridized carbons (Fsp3) is 0.440. The molecule has 30 heavy (non-hydrogen) atoms. The molecular formula is C25H29NO4. The number of carbonyl (C=O) groups excluding carboxylic acids is 2. The maximum atomic E-state index is 13.0. The van der Waals surface area contributed by atoms with Gasteiger partial charge in [0.15, 0.2) is 0 Å². The van der Waals surface area contributed by atoms with Crippen LogP contribution in [0.4, 0.5) is 0 Å². The quantitative estimate of drug-likeness (QED) is 0.663. The molecule has 2 aromatic carbocycles. The van der Waals surface area contributed by atoms with Gasteiger partial charge in [-0.2, -0.15) is 0 Å². The molecule has 0 bridgehead atoms. The summed E-state index contributed by atoms with van der Waals surface area (Å²) in [6, 6.07) is 17.4. The minimum absolute atomic E-state index is 0.0389. The van der Waals surface area contributed by atoms with Gasteiger partial charge in [-0.05, 0) is 55.9 Å². The zero-order valence-electron chi connectivity index (χ0n) is 17.3. The largest absolute Gasteiger partial charge is 0.490 e. The molecule has 0 radical (unpaired) electrons. The highest BCUT2D eigenvalue weighted by Gasteiger charge is 2.43. The lowest BCUT2D eigenvalue weighted by Gasteiger charge is -2.40. The van der Waals surface area contributed by atoms with Crippen LogP contribution in [0.3, 0.4) is 0 Å². The molecule has 2 aliphatic rings. The van der Waals surface area contributed by atoms with Crippen LogP contribution in [-0.2, 0) is 16.0 Å². The van der Waals surface area contributed by atoms with Crippen molar-refractivity contribution in [2.24, 2.45) is 5.41 Å². The van der Waals surface area contributed by atoms with Crippen molar-refractivity contribution in [3.8, 4) is 5.75 Å². The van der Waals surface area contributed by atoms with E-state index in [1.54, 1.807) is 0 Å². The Bertz CT molecular complexity index is 872. The molecule has 1 spiro atoms. The summed E-state index contributed by atoms with van der Waals surface area (Å²) in [4.78, 5) is 27.7. The van der Waals surface area contributed by atoms with Gasteiger partial charge >= 0.3 is 5.97 Å². The Morgan fingerprint density at radius 1 is 0.833 bits per heavy atom. The number of amides is 1. The molecule has 1 amide bonds. The molecule has 1 saturated heterocycles. The highest BCUT2D eigenvalue weighted by Crippen LogP contribution is 2.39. The standard InChI is InChI=1S/C25H29NO4/c27-23(21-10-2-1-3-11-21)26-16-14-25(15-17-26)13-7-6-9-20-8-4-5-12-22(20)29-18-19-30-24(25)28/h1-5,8,10-12H,6-7,9,13-19H2. The number of ether oxygens (including phenoxy) is 2. The van der Waals surface area contributed by atoms with Crippen molar-refractivity contribution in [2.75, 3.05) is 26.3 Å². The van der Waals surface area contributed by atoms with Crippen LogP contribution >= 0.6 is 0 Å². The average Bonchev–Trinajstić information content (AvgIpc) is 2.80. The topological polar surface area (TPSA) is 55.8 Å². The Kier molecular flexibility index (Phi) is 6.36. The number of esters is 1. The van der Waals surface area contributed by atoms with E-state index < -0.39 is 5.41 Å². The number of benzene rings is 2. The van der Waals surface area contributed by atoms with E-state index in [4.69, 9.17) is 9.47 Å². The highest BCUT2D eigenvalue weighted by molar-refractivity contribution is 5.94. The summed E-state index contributed by atoms with van der Waals surface area (Å²) in [5.41, 5.74) is 1.42. The number of hydrogen-bond donors (Lipinski definition) is 0. The molecule has 5 nitrogen and oxygen atoms in total. The number of para-hydroxylation sites is 1. The molecule has 2 aromatic rings. The Hall–Kier alpha value is -2.82. The van der Waals surface area contributed by atoms with Crippen LogP contribution in [0.2, 0.25) is 0 Å². The molecule has 0 N–H and O–H groups in total. The van der Waals surface area contributed by atoms with E-state index in [0.717, 1.165) is 31.4 Å². The number of hydrogen-bond acceptors (Lipinski definition) is 4. The van der Waals surface area contributed by atoms with E-state index in [1.165, 1.54) is 5.56 Å². The molecule has 2 aliphatic heterocycles. The van der Waals surface area contributed by atoms with Gasteiger partial charge < -0.3 is 14.4 Å². The monoisotopic (exact) mass is 407 g/mol. The number of cyclic esters (lactones) is 1. The number of fused-ring (bicyclic) bond motifs is 1. The molecule has 1 fully saturated rings. The van der Waals surface area contributed by atoms with Gasteiger partial charge in [-0.3, -0.25) is 9.59 Å². The van der Waals surface area contributed by atoms with Gasteiger partial charge in [-0.1, -0.05) is 42.8 Å². The van der Waals surface area contributed by atoms with Gasteiger partial charge in [0.25, 0.3) is 5.91 Å². The Morgan fingerprint density at radius 2 is 1.53 bits per heavy atom. The van der Waals surface area contributed by atoms with Crippen molar-refractivity contribution >= 4 is 11.9 Å². The molecule has 0 saturated carbocycles. The van der Waals surface area contributed by atoms with E-state index in [-0.39, 0.29) is 18.5 Å². The lowest BCUT2D eigenvalue weighted by atomic mass is 9.74. The maximum Gasteiger partial charge on any atom is 0.312 e. The van der Waals surface area contributed by atoms with Gasteiger partial charge in [-0.15, -0.1) is 0 Å². The zero-order valence-corrected chi connectivity index (χ0v) is 17.3. The first-order chi connectivity index (χ1) is 14.7. The van der Waals surface area contributed by atoms with Crippen LogP contribution in [-0.4, -0.2) is 43.1 Å². The predicted octanol–water partition coefficient (Wildman–Crippen LogP) is 4.26. The first-order valence-corrected chi connectivity index (χ1v) is 10.9. The summed E-state index contributed by atoms with van der Waals surface area (Å²) in [6.45, 7) is 1.78. The van der Waals surface area contributed by atoms with E-state index in [0.29, 0.717) is 38.1 Å². The van der Waals surface area contributed by atoms with Crippen molar-refractivity contribution in [3.63, 3.8) is 0 Å². The first kappa shape index (κ1) is 20.5. The van der Waals surface area contributed by atoms with Gasteiger partial charge in [0.1, 0.15) is 19.0 Å². The normalized spacial score (nSPS) is 19.6. The van der Waals surface area contributed by atoms with Gasteiger partial charge in [0, 0.05) is 18.7 Å². The number of aryl methyl sites for hydroxylation is 1. The van der Waals surface area contributed by atoms with E-state index in [9.17, 15) is 9.59 Å². The van der Waals surface area contributed by atoms with E-state index in [2.05, 4.69) is 6.07 Å². The Morgan fingerprint density at radius 3 is 2.33 bits per heavy atom. The highest BCUT2D eigenvalue weighted by atomic mass is 16.6. The summed E-state index contributed by atoms with van der Waals surface area (Å²) in [5.74, 6) is 0.792. The lowest BCUT2D eigenvalue weighted by molar-refractivity contribution is -0.160. The smallest absolute Gasteiger partial charge is 0.312 e. The lowest BCUT2D eigenvalue weighted by Crippen LogP contribution is -2.47. The Balaban J connectivity index is 1.42. The third kappa shape index (κ3) is 4.50. The van der Waals surface area contributed by atoms with Crippen LogP contribution < -0.4 is 4.74 Å². The fourth-order valence-electron chi connectivity index (χ4n) is 4.53.